The summed E-state index contributed by atoms with van der Waals surface area (Å²) in [4.78, 5) is 14.1. The molecular formula is C14H19N3O2. The second kappa shape index (κ2) is 5.73. The van der Waals surface area contributed by atoms with Crippen LogP contribution in [0.5, 0.6) is 0 Å². The van der Waals surface area contributed by atoms with Gasteiger partial charge in [0, 0.05) is 24.6 Å². The zero-order chi connectivity index (χ0) is 13.8. The molecule has 0 saturated carbocycles. The lowest BCUT2D eigenvalue weighted by Crippen LogP contribution is -2.44. The summed E-state index contributed by atoms with van der Waals surface area (Å²) >= 11 is 0. The number of amides is 1. The van der Waals surface area contributed by atoms with Crippen LogP contribution in [0.1, 0.15) is 28.8 Å². The predicted octanol–water partition coefficient (Wildman–Crippen LogP) is 1.59. The highest BCUT2D eigenvalue weighted by Crippen LogP contribution is 2.19. The lowest BCUT2D eigenvalue weighted by Gasteiger charge is -2.32. The number of amidine groups is 1. The van der Waals surface area contributed by atoms with Crippen LogP contribution in [-0.4, -0.2) is 34.9 Å². The summed E-state index contributed by atoms with van der Waals surface area (Å²) in [6.45, 7) is 3.23. The maximum Gasteiger partial charge on any atom is 0.253 e. The molecule has 1 fully saturated rings. The Morgan fingerprint density at radius 2 is 2.11 bits per heavy atom. The van der Waals surface area contributed by atoms with Crippen LogP contribution in [0.4, 0.5) is 0 Å². The number of carbonyl (C=O) groups excluding carboxylic acids is 1. The van der Waals surface area contributed by atoms with E-state index in [0.29, 0.717) is 12.1 Å². The Bertz CT molecular complexity index is 482. The molecular weight excluding hydrogens is 242 g/mol. The standard InChI is InChI=1S/C14H19N3O2/c1-10-4-6-11(7-5-10)14(18)17-8-2-3-12(9-17)13(15)16-19/h4-7,12,19H,2-3,8-9H2,1H3,(H2,15,16). The van der Waals surface area contributed by atoms with Gasteiger partial charge in [0.1, 0.15) is 5.84 Å². The van der Waals surface area contributed by atoms with Crippen LogP contribution in [0.25, 0.3) is 0 Å². The number of likely N-dealkylation sites (tertiary alicyclic amines) is 1. The number of nitrogens with zero attached hydrogens (tertiary/aromatic N) is 2. The van der Waals surface area contributed by atoms with Crippen molar-refractivity contribution >= 4 is 11.7 Å². The molecule has 1 aliphatic heterocycles. The highest BCUT2D eigenvalue weighted by atomic mass is 16.4. The molecule has 1 aromatic rings. The summed E-state index contributed by atoms with van der Waals surface area (Å²) in [6.07, 6.45) is 1.73. The van der Waals surface area contributed by atoms with Gasteiger partial charge in [-0.05, 0) is 31.9 Å². The van der Waals surface area contributed by atoms with Crippen molar-refractivity contribution in [3.05, 3.63) is 35.4 Å². The van der Waals surface area contributed by atoms with Crippen LogP contribution in [0.15, 0.2) is 29.4 Å². The number of hydrogen-bond acceptors (Lipinski definition) is 3. The minimum absolute atomic E-state index is 0.00967. The van der Waals surface area contributed by atoms with Crippen molar-refractivity contribution in [1.82, 2.24) is 4.90 Å². The number of nitrogens with two attached hydrogens (primary N) is 1. The Kier molecular flexibility index (Phi) is 4.04. The normalized spacial score (nSPS) is 20.4. The third kappa shape index (κ3) is 3.05. The first-order valence-corrected chi connectivity index (χ1v) is 6.45. The van der Waals surface area contributed by atoms with Gasteiger partial charge in [0.2, 0.25) is 0 Å². The van der Waals surface area contributed by atoms with Crippen molar-refractivity contribution in [2.45, 2.75) is 19.8 Å². The first-order valence-electron chi connectivity index (χ1n) is 6.45. The van der Waals surface area contributed by atoms with Gasteiger partial charge in [0.25, 0.3) is 5.91 Å². The Morgan fingerprint density at radius 1 is 1.42 bits per heavy atom. The van der Waals surface area contributed by atoms with Crippen molar-refractivity contribution in [2.24, 2.45) is 16.8 Å². The van der Waals surface area contributed by atoms with Gasteiger partial charge in [-0.15, -0.1) is 0 Å². The van der Waals surface area contributed by atoms with Gasteiger partial charge in [-0.3, -0.25) is 4.79 Å². The average Bonchev–Trinajstić information content (AvgIpc) is 2.46. The largest absolute Gasteiger partial charge is 0.409 e. The fraction of sp³-hybridized carbons (Fsp3) is 0.429. The Balaban J connectivity index is 2.09. The molecule has 5 heteroatoms. The summed E-state index contributed by atoms with van der Waals surface area (Å²) < 4.78 is 0. The Labute approximate surface area is 112 Å². The molecule has 5 nitrogen and oxygen atoms in total. The number of aryl methyl sites for hydroxylation is 1. The first kappa shape index (κ1) is 13.4. The number of carbonyl (C=O) groups is 1. The van der Waals surface area contributed by atoms with Crippen LogP contribution in [0.2, 0.25) is 0 Å². The monoisotopic (exact) mass is 261 g/mol. The van der Waals surface area contributed by atoms with Gasteiger partial charge in [0.15, 0.2) is 0 Å². The Morgan fingerprint density at radius 3 is 2.74 bits per heavy atom. The van der Waals surface area contributed by atoms with Crippen molar-refractivity contribution in [3.63, 3.8) is 0 Å². The molecule has 1 unspecified atom stereocenters. The van der Waals surface area contributed by atoms with Crippen LogP contribution in [-0.2, 0) is 0 Å². The Hall–Kier alpha value is -2.04. The van der Waals surface area contributed by atoms with Crippen LogP contribution >= 0.6 is 0 Å². The van der Waals surface area contributed by atoms with Gasteiger partial charge in [-0.2, -0.15) is 0 Å². The zero-order valence-corrected chi connectivity index (χ0v) is 11.0. The molecule has 19 heavy (non-hydrogen) atoms. The van der Waals surface area contributed by atoms with Gasteiger partial charge in [-0.1, -0.05) is 22.9 Å². The summed E-state index contributed by atoms with van der Waals surface area (Å²) in [5.41, 5.74) is 7.45. The SMILES string of the molecule is Cc1ccc(C(=O)N2CCCC(C(N)=NO)C2)cc1. The molecule has 1 amide bonds. The molecule has 102 valence electrons. The fourth-order valence-corrected chi connectivity index (χ4v) is 2.36. The van der Waals surface area contributed by atoms with Crippen molar-refractivity contribution in [1.29, 1.82) is 0 Å². The predicted molar refractivity (Wildman–Crippen MR) is 73.2 cm³/mol. The molecule has 1 heterocycles. The van der Waals surface area contributed by atoms with Crippen LogP contribution in [0.3, 0.4) is 0 Å². The second-order valence-electron chi connectivity index (χ2n) is 4.98. The van der Waals surface area contributed by atoms with Gasteiger partial charge < -0.3 is 15.8 Å². The van der Waals surface area contributed by atoms with Gasteiger partial charge >= 0.3 is 0 Å². The molecule has 0 radical (unpaired) electrons. The maximum absolute atomic E-state index is 12.4. The third-order valence-electron chi connectivity index (χ3n) is 3.54. The minimum atomic E-state index is -0.0480. The van der Waals surface area contributed by atoms with E-state index in [4.69, 9.17) is 10.9 Å². The molecule has 0 aromatic heterocycles. The molecule has 1 saturated heterocycles. The molecule has 0 bridgehead atoms. The van der Waals surface area contributed by atoms with E-state index in [-0.39, 0.29) is 17.7 Å². The van der Waals surface area contributed by atoms with Crippen LogP contribution in [0, 0.1) is 12.8 Å². The summed E-state index contributed by atoms with van der Waals surface area (Å²) in [5, 5.41) is 11.8. The zero-order valence-electron chi connectivity index (χ0n) is 11.0. The summed E-state index contributed by atoms with van der Waals surface area (Å²) in [7, 11) is 0. The number of piperidine rings is 1. The molecule has 0 spiro atoms. The topological polar surface area (TPSA) is 78.9 Å². The fourth-order valence-electron chi connectivity index (χ4n) is 2.36. The van der Waals surface area contributed by atoms with E-state index in [0.717, 1.165) is 24.9 Å². The van der Waals surface area contributed by atoms with Gasteiger partial charge in [-0.25, -0.2) is 0 Å². The van der Waals surface area contributed by atoms with E-state index in [1.54, 1.807) is 4.90 Å². The minimum Gasteiger partial charge on any atom is -0.409 e. The number of rotatable bonds is 2. The van der Waals surface area contributed by atoms with Crippen molar-refractivity contribution < 1.29 is 10.0 Å². The summed E-state index contributed by atoms with van der Waals surface area (Å²) in [5.74, 6) is 0.171. The average molecular weight is 261 g/mol. The highest BCUT2D eigenvalue weighted by molar-refractivity contribution is 5.95. The lowest BCUT2D eigenvalue weighted by atomic mass is 9.96. The van der Waals surface area contributed by atoms with Crippen molar-refractivity contribution in [2.75, 3.05) is 13.1 Å². The van der Waals surface area contributed by atoms with Gasteiger partial charge in [0.05, 0.1) is 0 Å². The summed E-state index contributed by atoms with van der Waals surface area (Å²) in [6, 6.07) is 7.53. The van der Waals surface area contributed by atoms with Crippen LogP contribution < -0.4 is 5.73 Å². The number of oxime groups is 1. The highest BCUT2D eigenvalue weighted by Gasteiger charge is 2.26. The molecule has 1 aromatic carbocycles. The quantitative estimate of drug-likeness (QED) is 0.367. The number of hydrogen-bond donors (Lipinski definition) is 2. The van der Waals surface area contributed by atoms with E-state index in [1.807, 2.05) is 31.2 Å². The van der Waals surface area contributed by atoms with E-state index in [9.17, 15) is 4.79 Å². The van der Waals surface area contributed by atoms with E-state index >= 15 is 0 Å². The molecule has 1 atom stereocenters. The lowest BCUT2D eigenvalue weighted by molar-refractivity contribution is 0.0701. The smallest absolute Gasteiger partial charge is 0.253 e. The van der Waals surface area contributed by atoms with E-state index in [2.05, 4.69) is 5.16 Å². The second-order valence-corrected chi connectivity index (χ2v) is 4.98. The molecule has 3 N–H and O–H groups in total. The third-order valence-corrected chi connectivity index (χ3v) is 3.54. The molecule has 0 aliphatic carbocycles. The van der Waals surface area contributed by atoms with Crippen molar-refractivity contribution in [3.8, 4) is 0 Å². The first-order chi connectivity index (χ1) is 9.11. The molecule has 1 aliphatic rings. The van der Waals surface area contributed by atoms with E-state index in [1.165, 1.54) is 0 Å². The maximum atomic E-state index is 12.4. The molecule has 2 rings (SSSR count). The number of benzene rings is 1. The van der Waals surface area contributed by atoms with E-state index < -0.39 is 0 Å².